The fraction of sp³-hybridized carbons (Fsp3) is 0.0714. The molecule has 2 heterocycles. The zero-order chi connectivity index (χ0) is 15.0. The summed E-state index contributed by atoms with van der Waals surface area (Å²) in [4.78, 5) is 12.2. The van der Waals surface area contributed by atoms with Gasteiger partial charge in [-0.2, -0.15) is 0 Å². The molecule has 3 rings (SSSR count). The molecule has 0 atom stereocenters. The molecule has 0 saturated heterocycles. The third-order valence-electron chi connectivity index (χ3n) is 3.02. The first-order chi connectivity index (χ1) is 10.0. The second-order valence-corrected chi connectivity index (χ2v) is 5.29. The number of carbonyl (C=O) groups is 1. The van der Waals surface area contributed by atoms with Crippen LogP contribution in [0.15, 0.2) is 36.5 Å². The molecule has 0 bridgehead atoms. The van der Waals surface area contributed by atoms with Crippen molar-refractivity contribution in [1.29, 1.82) is 0 Å². The highest BCUT2D eigenvalue weighted by molar-refractivity contribution is 6.42. The minimum absolute atomic E-state index is 0.253. The van der Waals surface area contributed by atoms with Crippen LogP contribution in [0.3, 0.4) is 0 Å². The third kappa shape index (κ3) is 2.70. The number of pyridine rings is 1. The number of carbonyl (C=O) groups excluding carboxylic acids is 1. The van der Waals surface area contributed by atoms with Crippen molar-refractivity contribution in [2.75, 3.05) is 5.32 Å². The van der Waals surface area contributed by atoms with E-state index in [1.165, 1.54) is 0 Å². The topological polar surface area (TPSA) is 59.3 Å². The molecule has 0 aliphatic rings. The van der Waals surface area contributed by atoms with E-state index in [-0.39, 0.29) is 5.91 Å². The first-order valence-corrected chi connectivity index (χ1v) is 6.88. The molecular formula is C14H10Cl2N4O. The molecule has 2 aromatic heterocycles. The zero-order valence-corrected chi connectivity index (χ0v) is 12.5. The monoisotopic (exact) mass is 320 g/mol. The van der Waals surface area contributed by atoms with Crippen molar-refractivity contribution in [3.63, 3.8) is 0 Å². The number of hydrogen-bond donors (Lipinski definition) is 1. The van der Waals surface area contributed by atoms with Crippen molar-refractivity contribution in [2.45, 2.75) is 6.92 Å². The third-order valence-corrected chi connectivity index (χ3v) is 3.76. The molecule has 106 valence electrons. The minimum Gasteiger partial charge on any atom is -0.322 e. The smallest absolute Gasteiger partial charge is 0.255 e. The van der Waals surface area contributed by atoms with Gasteiger partial charge in [-0.25, -0.2) is 0 Å². The lowest BCUT2D eigenvalue weighted by Crippen LogP contribution is -2.12. The number of aryl methyl sites for hydroxylation is 1. The van der Waals surface area contributed by atoms with Crippen molar-refractivity contribution in [3.05, 3.63) is 58.0 Å². The summed E-state index contributed by atoms with van der Waals surface area (Å²) in [5, 5.41) is 11.5. The van der Waals surface area contributed by atoms with E-state index in [0.29, 0.717) is 26.9 Å². The fourth-order valence-corrected chi connectivity index (χ4v) is 2.23. The quantitative estimate of drug-likeness (QED) is 0.784. The Labute approximate surface area is 130 Å². The Kier molecular flexibility index (Phi) is 3.53. The molecule has 0 radical (unpaired) electrons. The van der Waals surface area contributed by atoms with Crippen LogP contribution in [-0.2, 0) is 0 Å². The molecule has 0 saturated carbocycles. The number of amides is 1. The number of benzene rings is 1. The molecule has 21 heavy (non-hydrogen) atoms. The van der Waals surface area contributed by atoms with Gasteiger partial charge in [-0.05, 0) is 37.3 Å². The van der Waals surface area contributed by atoms with E-state index in [0.717, 1.165) is 5.82 Å². The van der Waals surface area contributed by atoms with Crippen molar-refractivity contribution >= 4 is 40.4 Å². The van der Waals surface area contributed by atoms with Crippen LogP contribution in [0.1, 0.15) is 16.2 Å². The van der Waals surface area contributed by atoms with Crippen molar-refractivity contribution in [2.24, 2.45) is 0 Å². The lowest BCUT2D eigenvalue weighted by atomic mass is 10.2. The van der Waals surface area contributed by atoms with Crippen molar-refractivity contribution in [3.8, 4) is 0 Å². The van der Waals surface area contributed by atoms with E-state index in [1.807, 2.05) is 6.92 Å². The van der Waals surface area contributed by atoms with Crippen LogP contribution in [-0.4, -0.2) is 20.5 Å². The Morgan fingerprint density at radius 2 is 1.95 bits per heavy atom. The van der Waals surface area contributed by atoms with Gasteiger partial charge >= 0.3 is 0 Å². The van der Waals surface area contributed by atoms with E-state index in [2.05, 4.69) is 15.5 Å². The van der Waals surface area contributed by atoms with Crippen molar-refractivity contribution < 1.29 is 4.79 Å². The fourth-order valence-electron chi connectivity index (χ4n) is 1.93. The zero-order valence-electron chi connectivity index (χ0n) is 11.0. The van der Waals surface area contributed by atoms with Crippen LogP contribution >= 0.6 is 23.2 Å². The minimum atomic E-state index is -0.253. The first kappa shape index (κ1) is 13.9. The molecule has 1 amide bonds. The van der Waals surface area contributed by atoms with Crippen LogP contribution in [0.25, 0.3) is 5.65 Å². The molecule has 0 unspecified atom stereocenters. The van der Waals surface area contributed by atoms with Crippen LogP contribution in [0.4, 0.5) is 5.69 Å². The number of aromatic nitrogens is 3. The van der Waals surface area contributed by atoms with E-state index in [1.54, 1.807) is 40.9 Å². The van der Waals surface area contributed by atoms with Gasteiger partial charge in [-0.1, -0.05) is 23.2 Å². The highest BCUT2D eigenvalue weighted by Gasteiger charge is 2.10. The average molecular weight is 321 g/mol. The maximum atomic E-state index is 12.2. The summed E-state index contributed by atoms with van der Waals surface area (Å²) >= 11 is 11.8. The molecule has 3 aromatic rings. The molecule has 0 fully saturated rings. The van der Waals surface area contributed by atoms with Gasteiger partial charge in [-0.15, -0.1) is 10.2 Å². The van der Waals surface area contributed by atoms with Crippen LogP contribution in [0, 0.1) is 6.92 Å². The molecule has 0 aliphatic carbocycles. The van der Waals surface area contributed by atoms with E-state index < -0.39 is 0 Å². The number of hydrogen-bond acceptors (Lipinski definition) is 3. The summed E-state index contributed by atoms with van der Waals surface area (Å²) in [7, 11) is 0. The first-order valence-electron chi connectivity index (χ1n) is 6.12. The maximum absolute atomic E-state index is 12.2. The van der Waals surface area contributed by atoms with Crippen molar-refractivity contribution in [1.82, 2.24) is 14.6 Å². The van der Waals surface area contributed by atoms with Gasteiger partial charge in [0.2, 0.25) is 0 Å². The number of fused-ring (bicyclic) bond motifs is 1. The van der Waals surface area contributed by atoms with Crippen LogP contribution in [0.2, 0.25) is 10.0 Å². The lowest BCUT2D eigenvalue weighted by molar-refractivity contribution is 0.102. The van der Waals surface area contributed by atoms with E-state index in [9.17, 15) is 4.79 Å². The second kappa shape index (κ2) is 5.35. The van der Waals surface area contributed by atoms with Gasteiger partial charge in [0.25, 0.3) is 5.91 Å². The van der Waals surface area contributed by atoms with Gasteiger partial charge in [-0.3, -0.25) is 9.20 Å². The highest BCUT2D eigenvalue weighted by atomic mass is 35.5. The van der Waals surface area contributed by atoms with Gasteiger partial charge in [0, 0.05) is 17.4 Å². The number of halogens is 2. The lowest BCUT2D eigenvalue weighted by Gasteiger charge is -2.06. The Morgan fingerprint density at radius 1 is 1.14 bits per heavy atom. The van der Waals surface area contributed by atoms with E-state index >= 15 is 0 Å². The summed E-state index contributed by atoms with van der Waals surface area (Å²) in [6.07, 6.45) is 1.76. The Hall–Kier alpha value is -2.11. The molecule has 1 aromatic carbocycles. The average Bonchev–Trinajstić information content (AvgIpc) is 2.84. The molecule has 0 spiro atoms. The SMILES string of the molecule is Cc1nnc2cc(C(=O)Nc3ccc(Cl)c(Cl)c3)ccn12. The normalized spacial score (nSPS) is 10.8. The summed E-state index contributed by atoms with van der Waals surface area (Å²) < 4.78 is 1.80. The molecule has 1 N–H and O–H groups in total. The van der Waals surface area contributed by atoms with Gasteiger partial charge in [0.1, 0.15) is 5.82 Å². The Morgan fingerprint density at radius 3 is 2.71 bits per heavy atom. The number of nitrogens with one attached hydrogen (secondary N) is 1. The summed E-state index contributed by atoms with van der Waals surface area (Å²) in [6.45, 7) is 1.84. The Balaban J connectivity index is 1.87. The summed E-state index contributed by atoms with van der Waals surface area (Å²) in [5.41, 5.74) is 1.68. The largest absolute Gasteiger partial charge is 0.322 e. The van der Waals surface area contributed by atoms with Gasteiger partial charge < -0.3 is 5.32 Å². The van der Waals surface area contributed by atoms with Crippen LogP contribution in [0.5, 0.6) is 0 Å². The second-order valence-electron chi connectivity index (χ2n) is 4.47. The van der Waals surface area contributed by atoms with Gasteiger partial charge in [0.15, 0.2) is 5.65 Å². The molecule has 0 aliphatic heterocycles. The summed E-state index contributed by atoms with van der Waals surface area (Å²) in [5.74, 6) is 0.512. The standard InChI is InChI=1S/C14H10Cl2N4O/c1-8-18-19-13-6-9(4-5-20(8)13)14(21)17-10-2-3-11(15)12(16)7-10/h2-7H,1H3,(H,17,21). The Bertz CT molecular complexity index is 844. The maximum Gasteiger partial charge on any atom is 0.255 e. The van der Waals surface area contributed by atoms with E-state index in [4.69, 9.17) is 23.2 Å². The van der Waals surface area contributed by atoms with Crippen LogP contribution < -0.4 is 5.32 Å². The highest BCUT2D eigenvalue weighted by Crippen LogP contribution is 2.25. The summed E-state index contributed by atoms with van der Waals surface area (Å²) in [6, 6.07) is 8.29. The number of rotatable bonds is 2. The molecule has 5 nitrogen and oxygen atoms in total. The predicted octanol–water partition coefficient (Wildman–Crippen LogP) is 3.60. The number of anilines is 1. The predicted molar refractivity (Wildman–Crippen MR) is 82.1 cm³/mol. The molecular weight excluding hydrogens is 311 g/mol. The molecule has 7 heteroatoms. The van der Waals surface area contributed by atoms with Gasteiger partial charge in [0.05, 0.1) is 10.0 Å². The number of nitrogens with zero attached hydrogens (tertiary/aromatic N) is 3.